The van der Waals surface area contributed by atoms with E-state index in [1.807, 2.05) is 36.4 Å². The molecule has 0 N–H and O–H groups in total. The van der Waals surface area contributed by atoms with E-state index in [2.05, 4.69) is 57.0 Å². The van der Waals surface area contributed by atoms with Crippen LogP contribution in [0.25, 0.3) is 17.1 Å². The number of benzene rings is 2. The lowest BCUT2D eigenvalue weighted by Crippen LogP contribution is -2.00. The van der Waals surface area contributed by atoms with Crippen LogP contribution in [0.1, 0.15) is 18.2 Å². The molecule has 0 saturated heterocycles. The fourth-order valence-electron chi connectivity index (χ4n) is 2.86. The first-order valence-electron chi connectivity index (χ1n) is 8.84. The smallest absolute Gasteiger partial charge is 0.191 e. The lowest BCUT2D eigenvalue weighted by Gasteiger charge is -2.07. The molecule has 0 unspecified atom stereocenters. The average molecular weight is 376 g/mol. The third kappa shape index (κ3) is 3.78. The first-order valence-corrected chi connectivity index (χ1v) is 9.83. The molecule has 0 amide bonds. The van der Waals surface area contributed by atoms with E-state index in [1.165, 1.54) is 5.56 Å². The zero-order chi connectivity index (χ0) is 18.6. The van der Waals surface area contributed by atoms with Crippen LogP contribution < -0.4 is 0 Å². The number of hydrogen-bond donors (Lipinski definition) is 0. The minimum Gasteiger partial charge on any atom is -0.302 e. The van der Waals surface area contributed by atoms with E-state index in [4.69, 9.17) is 0 Å². The van der Waals surface area contributed by atoms with Crippen molar-refractivity contribution in [1.29, 1.82) is 0 Å². The Morgan fingerprint density at radius 3 is 2.63 bits per heavy atom. The summed E-state index contributed by atoms with van der Waals surface area (Å²) in [5.74, 6) is 1.59. The lowest BCUT2D eigenvalue weighted by molar-refractivity contribution is 0.687. The molecule has 0 aliphatic carbocycles. The zero-order valence-corrected chi connectivity index (χ0v) is 16.1. The first kappa shape index (κ1) is 17.5. The maximum absolute atomic E-state index is 4.55. The number of para-hydroxylation sites is 1. The van der Waals surface area contributed by atoms with E-state index in [1.54, 1.807) is 22.8 Å². The zero-order valence-electron chi connectivity index (χ0n) is 15.3. The van der Waals surface area contributed by atoms with E-state index in [0.717, 1.165) is 34.5 Å². The van der Waals surface area contributed by atoms with Gasteiger partial charge in [-0.2, -0.15) is 15.0 Å². The van der Waals surface area contributed by atoms with E-state index in [0.29, 0.717) is 5.75 Å². The van der Waals surface area contributed by atoms with Crippen LogP contribution in [0.5, 0.6) is 0 Å². The monoisotopic (exact) mass is 376 g/mol. The molecule has 0 atom stereocenters. The van der Waals surface area contributed by atoms with Gasteiger partial charge in [0.25, 0.3) is 0 Å². The molecule has 0 saturated carbocycles. The molecule has 7 heteroatoms. The highest BCUT2D eigenvalue weighted by Crippen LogP contribution is 2.26. The van der Waals surface area contributed by atoms with Crippen molar-refractivity contribution in [3.05, 3.63) is 72.1 Å². The standard InChI is InChI=1S/C20H20N6S/c1-3-25-19(16-9-7-8-15(2)12-16)22-23-20(25)27-14-17-13-21-26(24-17)18-10-5-4-6-11-18/h4-13H,3,14H2,1-2H3. The van der Waals surface area contributed by atoms with Crippen molar-refractivity contribution < 1.29 is 0 Å². The van der Waals surface area contributed by atoms with Crippen LogP contribution in [0.15, 0.2) is 66.0 Å². The van der Waals surface area contributed by atoms with Crippen LogP contribution >= 0.6 is 11.8 Å². The summed E-state index contributed by atoms with van der Waals surface area (Å²) in [5, 5.41) is 18.6. The van der Waals surface area contributed by atoms with E-state index < -0.39 is 0 Å². The molecular weight excluding hydrogens is 356 g/mol. The lowest BCUT2D eigenvalue weighted by atomic mass is 10.1. The SMILES string of the molecule is CCn1c(SCc2cnn(-c3ccccc3)n2)nnc1-c1cccc(C)c1. The van der Waals surface area contributed by atoms with Crippen LogP contribution in [-0.2, 0) is 12.3 Å². The van der Waals surface area contributed by atoms with Crippen molar-refractivity contribution in [2.24, 2.45) is 0 Å². The van der Waals surface area contributed by atoms with Crippen molar-refractivity contribution in [2.45, 2.75) is 31.3 Å². The van der Waals surface area contributed by atoms with Crippen LogP contribution in [0, 0.1) is 6.92 Å². The second-order valence-electron chi connectivity index (χ2n) is 6.17. The van der Waals surface area contributed by atoms with Gasteiger partial charge in [-0.25, -0.2) is 0 Å². The number of aryl methyl sites for hydroxylation is 1. The van der Waals surface area contributed by atoms with Crippen LogP contribution in [0.2, 0.25) is 0 Å². The minimum absolute atomic E-state index is 0.693. The van der Waals surface area contributed by atoms with Crippen LogP contribution in [0.4, 0.5) is 0 Å². The Morgan fingerprint density at radius 1 is 1.00 bits per heavy atom. The second kappa shape index (κ2) is 7.75. The van der Waals surface area contributed by atoms with Crippen molar-refractivity contribution in [3.63, 3.8) is 0 Å². The van der Waals surface area contributed by atoms with E-state index >= 15 is 0 Å². The van der Waals surface area contributed by atoms with E-state index in [-0.39, 0.29) is 0 Å². The maximum atomic E-state index is 4.55. The molecule has 0 aliphatic rings. The summed E-state index contributed by atoms with van der Waals surface area (Å²) in [7, 11) is 0. The highest BCUT2D eigenvalue weighted by molar-refractivity contribution is 7.98. The molecular formula is C20H20N6S. The van der Waals surface area contributed by atoms with Gasteiger partial charge in [-0.15, -0.1) is 10.2 Å². The summed E-state index contributed by atoms with van der Waals surface area (Å²) in [5.41, 5.74) is 4.16. The van der Waals surface area contributed by atoms with Gasteiger partial charge in [0, 0.05) is 17.9 Å². The van der Waals surface area contributed by atoms with Gasteiger partial charge in [-0.05, 0) is 32.0 Å². The molecule has 2 heterocycles. The Balaban J connectivity index is 1.52. The minimum atomic E-state index is 0.693. The van der Waals surface area contributed by atoms with Crippen molar-refractivity contribution in [1.82, 2.24) is 29.8 Å². The van der Waals surface area contributed by atoms with Gasteiger partial charge in [0.2, 0.25) is 0 Å². The first-order chi connectivity index (χ1) is 13.2. The molecule has 0 bridgehead atoms. The number of thioether (sulfide) groups is 1. The van der Waals surface area contributed by atoms with Crippen molar-refractivity contribution >= 4 is 11.8 Å². The van der Waals surface area contributed by atoms with Crippen LogP contribution in [0.3, 0.4) is 0 Å². The Morgan fingerprint density at radius 2 is 1.85 bits per heavy atom. The van der Waals surface area contributed by atoms with Gasteiger partial charge in [0.15, 0.2) is 11.0 Å². The predicted molar refractivity (Wildman–Crippen MR) is 107 cm³/mol. The summed E-state index contributed by atoms with van der Waals surface area (Å²) in [6.07, 6.45) is 1.80. The largest absolute Gasteiger partial charge is 0.302 e. The normalized spacial score (nSPS) is 11.0. The number of rotatable bonds is 6. The quantitative estimate of drug-likeness (QED) is 0.473. The third-order valence-electron chi connectivity index (χ3n) is 4.18. The molecule has 4 aromatic rings. The Bertz CT molecular complexity index is 1040. The van der Waals surface area contributed by atoms with Gasteiger partial charge in [0.1, 0.15) is 0 Å². The Kier molecular flexibility index (Phi) is 5.02. The van der Waals surface area contributed by atoms with E-state index in [9.17, 15) is 0 Å². The second-order valence-corrected chi connectivity index (χ2v) is 7.11. The fraction of sp³-hybridized carbons (Fsp3) is 0.200. The molecule has 0 radical (unpaired) electrons. The van der Waals surface area contributed by atoms with Crippen LogP contribution in [-0.4, -0.2) is 29.8 Å². The van der Waals surface area contributed by atoms with Gasteiger partial charge < -0.3 is 4.57 Å². The summed E-state index contributed by atoms with van der Waals surface area (Å²) in [4.78, 5) is 1.65. The van der Waals surface area contributed by atoms with Gasteiger partial charge in [-0.3, -0.25) is 0 Å². The average Bonchev–Trinajstić information content (AvgIpc) is 3.34. The molecule has 4 rings (SSSR count). The van der Waals surface area contributed by atoms with Gasteiger partial charge in [0.05, 0.1) is 17.6 Å². The maximum Gasteiger partial charge on any atom is 0.191 e. The molecule has 27 heavy (non-hydrogen) atoms. The predicted octanol–water partition coefficient (Wildman–Crippen LogP) is 4.15. The molecule has 136 valence electrons. The highest BCUT2D eigenvalue weighted by atomic mass is 32.2. The summed E-state index contributed by atoms with van der Waals surface area (Å²) < 4.78 is 2.14. The van der Waals surface area contributed by atoms with Gasteiger partial charge in [-0.1, -0.05) is 53.7 Å². The molecule has 2 aromatic carbocycles. The van der Waals surface area contributed by atoms with Crippen molar-refractivity contribution in [3.8, 4) is 17.1 Å². The number of nitrogens with zero attached hydrogens (tertiary/aromatic N) is 6. The van der Waals surface area contributed by atoms with Gasteiger partial charge >= 0.3 is 0 Å². The summed E-state index contributed by atoms with van der Waals surface area (Å²) in [6, 6.07) is 18.2. The fourth-order valence-corrected chi connectivity index (χ4v) is 3.74. The summed E-state index contributed by atoms with van der Waals surface area (Å²) >= 11 is 1.63. The molecule has 0 spiro atoms. The number of hydrogen-bond acceptors (Lipinski definition) is 5. The molecule has 2 aromatic heterocycles. The molecule has 6 nitrogen and oxygen atoms in total. The number of aromatic nitrogens is 6. The van der Waals surface area contributed by atoms with Crippen molar-refractivity contribution in [2.75, 3.05) is 0 Å². The Labute approximate surface area is 162 Å². The molecule has 0 fully saturated rings. The molecule has 0 aliphatic heterocycles. The highest BCUT2D eigenvalue weighted by Gasteiger charge is 2.14. The summed E-state index contributed by atoms with van der Waals surface area (Å²) in [6.45, 7) is 5.01. The topological polar surface area (TPSA) is 61.4 Å². The Hall–Kier alpha value is -2.93. The third-order valence-corrected chi connectivity index (χ3v) is 5.19.